The highest BCUT2D eigenvalue weighted by molar-refractivity contribution is 5.08. The number of aliphatic hydroxyl groups is 1. The molecule has 1 N–H and O–H groups in total. The third-order valence-electron chi connectivity index (χ3n) is 3.93. The van der Waals surface area contributed by atoms with Crippen LogP contribution in [-0.4, -0.2) is 46.8 Å². The molecular formula is C14H19FN2O2. The van der Waals surface area contributed by atoms with Crippen molar-refractivity contribution in [2.45, 2.75) is 37.6 Å². The lowest BCUT2D eigenvalue weighted by Crippen LogP contribution is -2.43. The molecule has 1 aromatic heterocycles. The van der Waals surface area contributed by atoms with Crippen LogP contribution < -0.4 is 0 Å². The average Bonchev–Trinajstić information content (AvgIpc) is 2.76. The molecule has 2 aliphatic heterocycles. The summed E-state index contributed by atoms with van der Waals surface area (Å²) in [6, 6.07) is 2.88. The maximum atomic E-state index is 12.8. The molecule has 2 fully saturated rings. The largest absolute Gasteiger partial charge is 0.387 e. The van der Waals surface area contributed by atoms with Gasteiger partial charge in [-0.2, -0.15) is 0 Å². The second kappa shape index (κ2) is 5.53. The van der Waals surface area contributed by atoms with Crippen molar-refractivity contribution < 1.29 is 14.2 Å². The number of pyridine rings is 1. The predicted molar refractivity (Wildman–Crippen MR) is 68.1 cm³/mol. The number of halogens is 1. The molecule has 3 heterocycles. The number of aromatic nitrogens is 1. The molecular weight excluding hydrogens is 247 g/mol. The van der Waals surface area contributed by atoms with Crippen LogP contribution in [0.1, 0.15) is 31.1 Å². The van der Waals surface area contributed by atoms with E-state index in [0.717, 1.165) is 38.7 Å². The van der Waals surface area contributed by atoms with Gasteiger partial charge in [0.15, 0.2) is 0 Å². The van der Waals surface area contributed by atoms with E-state index in [1.165, 1.54) is 6.07 Å². The van der Waals surface area contributed by atoms with Gasteiger partial charge in [0.05, 0.1) is 30.2 Å². The van der Waals surface area contributed by atoms with Gasteiger partial charge in [-0.1, -0.05) is 0 Å². The van der Waals surface area contributed by atoms with Gasteiger partial charge in [-0.15, -0.1) is 0 Å². The van der Waals surface area contributed by atoms with Crippen LogP contribution in [-0.2, 0) is 4.74 Å². The van der Waals surface area contributed by atoms with E-state index >= 15 is 0 Å². The molecule has 4 nitrogen and oxygen atoms in total. The van der Waals surface area contributed by atoms with Crippen LogP contribution in [0.2, 0.25) is 0 Å². The van der Waals surface area contributed by atoms with Crippen molar-refractivity contribution in [2.24, 2.45) is 0 Å². The number of hydrogen-bond donors (Lipinski definition) is 1. The molecule has 0 amide bonds. The molecule has 0 aromatic carbocycles. The van der Waals surface area contributed by atoms with E-state index in [9.17, 15) is 9.50 Å². The molecule has 0 saturated carbocycles. The molecule has 2 aliphatic rings. The number of aliphatic hydroxyl groups excluding tert-OH is 1. The fourth-order valence-corrected chi connectivity index (χ4v) is 2.92. The van der Waals surface area contributed by atoms with Gasteiger partial charge in [0.25, 0.3) is 0 Å². The van der Waals surface area contributed by atoms with E-state index in [1.807, 2.05) is 0 Å². The lowest BCUT2D eigenvalue weighted by molar-refractivity contribution is -0.0415. The first-order chi connectivity index (χ1) is 9.20. The minimum absolute atomic E-state index is 0.374. The van der Waals surface area contributed by atoms with Crippen LogP contribution >= 0.6 is 0 Å². The van der Waals surface area contributed by atoms with Crippen molar-refractivity contribution in [3.05, 3.63) is 29.8 Å². The Hall–Kier alpha value is -1.04. The zero-order chi connectivity index (χ0) is 13.2. The maximum absolute atomic E-state index is 12.8. The number of likely N-dealkylation sites (tertiary alicyclic amines) is 1. The number of nitrogens with zero attached hydrogens (tertiary/aromatic N) is 2. The normalized spacial score (nSPS) is 28.5. The Morgan fingerprint density at radius 1 is 1.37 bits per heavy atom. The predicted octanol–water partition coefficient (Wildman–Crippen LogP) is 1.51. The van der Waals surface area contributed by atoms with Crippen molar-refractivity contribution >= 4 is 0 Å². The quantitative estimate of drug-likeness (QED) is 0.897. The molecule has 2 saturated heterocycles. The van der Waals surface area contributed by atoms with Crippen LogP contribution in [0.15, 0.2) is 18.3 Å². The van der Waals surface area contributed by atoms with E-state index in [2.05, 4.69) is 9.88 Å². The summed E-state index contributed by atoms with van der Waals surface area (Å²) in [5.74, 6) is -0.374. The van der Waals surface area contributed by atoms with Crippen molar-refractivity contribution in [3.8, 4) is 0 Å². The first-order valence-electron chi connectivity index (χ1n) is 6.88. The highest BCUT2D eigenvalue weighted by Crippen LogP contribution is 2.27. The number of hydrogen-bond acceptors (Lipinski definition) is 4. The molecule has 0 aliphatic carbocycles. The Balaban J connectivity index is 1.50. The van der Waals surface area contributed by atoms with Crippen LogP contribution in [0.5, 0.6) is 0 Å². The second-order valence-electron chi connectivity index (χ2n) is 5.42. The van der Waals surface area contributed by atoms with Crippen LogP contribution in [0, 0.1) is 5.82 Å². The molecule has 0 spiro atoms. The van der Waals surface area contributed by atoms with Gasteiger partial charge in [-0.25, -0.2) is 4.39 Å². The second-order valence-corrected chi connectivity index (χ2v) is 5.42. The first-order valence-corrected chi connectivity index (χ1v) is 6.88. The fraction of sp³-hybridized carbons (Fsp3) is 0.643. The monoisotopic (exact) mass is 266 g/mol. The Kier molecular flexibility index (Phi) is 3.77. The minimum Gasteiger partial charge on any atom is -0.387 e. The molecule has 3 atom stereocenters. The van der Waals surface area contributed by atoms with Gasteiger partial charge in [0.1, 0.15) is 5.82 Å². The van der Waals surface area contributed by atoms with E-state index in [0.29, 0.717) is 24.3 Å². The van der Waals surface area contributed by atoms with E-state index in [4.69, 9.17) is 4.74 Å². The minimum atomic E-state index is -0.624. The molecule has 19 heavy (non-hydrogen) atoms. The number of fused-ring (bicyclic) bond motifs is 2. The lowest BCUT2D eigenvalue weighted by Gasteiger charge is -2.32. The van der Waals surface area contributed by atoms with E-state index < -0.39 is 6.10 Å². The molecule has 1 aromatic rings. The standard InChI is InChI=1S/C14H19FN2O2/c15-10-1-4-13(16-7-10)14(18)5-6-17-8-11-2-3-12(9-17)19-11/h1,4,7,11-12,14,18H,2-3,5-6,8-9H2. The Bertz CT molecular complexity index is 414. The fourth-order valence-electron chi connectivity index (χ4n) is 2.92. The highest BCUT2D eigenvalue weighted by Gasteiger charge is 2.33. The number of morpholine rings is 1. The Morgan fingerprint density at radius 2 is 2.11 bits per heavy atom. The van der Waals surface area contributed by atoms with Gasteiger partial charge < -0.3 is 9.84 Å². The summed E-state index contributed by atoms with van der Waals surface area (Å²) in [5.41, 5.74) is 0.539. The third kappa shape index (κ3) is 3.11. The van der Waals surface area contributed by atoms with Crippen molar-refractivity contribution in [3.63, 3.8) is 0 Å². The van der Waals surface area contributed by atoms with Gasteiger partial charge in [-0.05, 0) is 31.4 Å². The zero-order valence-corrected chi connectivity index (χ0v) is 10.8. The lowest BCUT2D eigenvalue weighted by atomic mass is 10.1. The zero-order valence-electron chi connectivity index (χ0n) is 10.8. The van der Waals surface area contributed by atoms with Gasteiger partial charge >= 0.3 is 0 Å². The van der Waals surface area contributed by atoms with Crippen LogP contribution in [0.4, 0.5) is 4.39 Å². The Morgan fingerprint density at radius 3 is 2.74 bits per heavy atom. The molecule has 0 radical (unpaired) electrons. The van der Waals surface area contributed by atoms with Gasteiger partial charge in [0, 0.05) is 19.6 Å². The van der Waals surface area contributed by atoms with Gasteiger partial charge in [-0.3, -0.25) is 9.88 Å². The summed E-state index contributed by atoms with van der Waals surface area (Å²) in [6.07, 6.45) is 4.21. The number of ether oxygens (including phenoxy) is 1. The third-order valence-corrected chi connectivity index (χ3v) is 3.93. The smallest absolute Gasteiger partial charge is 0.141 e. The van der Waals surface area contributed by atoms with E-state index in [-0.39, 0.29) is 5.82 Å². The topological polar surface area (TPSA) is 45.6 Å². The average molecular weight is 266 g/mol. The molecule has 104 valence electrons. The van der Waals surface area contributed by atoms with Crippen molar-refractivity contribution in [1.29, 1.82) is 0 Å². The summed E-state index contributed by atoms with van der Waals surface area (Å²) in [7, 11) is 0. The SMILES string of the molecule is OC(CCN1CC2CCC(C1)O2)c1ccc(F)cn1. The summed E-state index contributed by atoms with van der Waals surface area (Å²) in [5, 5.41) is 10.0. The van der Waals surface area contributed by atoms with E-state index in [1.54, 1.807) is 6.07 Å². The molecule has 3 rings (SSSR count). The summed E-state index contributed by atoms with van der Waals surface area (Å²) in [6.45, 7) is 2.75. The van der Waals surface area contributed by atoms with Crippen LogP contribution in [0.25, 0.3) is 0 Å². The van der Waals surface area contributed by atoms with Crippen LogP contribution in [0.3, 0.4) is 0 Å². The maximum Gasteiger partial charge on any atom is 0.141 e. The van der Waals surface area contributed by atoms with Gasteiger partial charge in [0.2, 0.25) is 0 Å². The Labute approximate surface area is 112 Å². The summed E-state index contributed by atoms with van der Waals surface area (Å²) < 4.78 is 18.5. The highest BCUT2D eigenvalue weighted by atomic mass is 19.1. The number of rotatable bonds is 4. The molecule has 2 bridgehead atoms. The summed E-state index contributed by atoms with van der Waals surface area (Å²) >= 11 is 0. The van der Waals surface area contributed by atoms with Crippen molar-refractivity contribution in [1.82, 2.24) is 9.88 Å². The first kappa shape index (κ1) is 13.0. The summed E-state index contributed by atoms with van der Waals surface area (Å²) in [4.78, 5) is 6.26. The molecule has 3 unspecified atom stereocenters. The van der Waals surface area contributed by atoms with Crippen molar-refractivity contribution in [2.75, 3.05) is 19.6 Å². The molecule has 5 heteroatoms.